The molecule has 1 aliphatic rings. The van der Waals surface area contributed by atoms with Crippen molar-refractivity contribution in [3.05, 3.63) is 35.9 Å². The van der Waals surface area contributed by atoms with E-state index < -0.39 is 0 Å². The number of benzene rings is 1. The Labute approximate surface area is 110 Å². The Balaban J connectivity index is 1.97. The fourth-order valence-electron chi connectivity index (χ4n) is 2.47. The van der Waals surface area contributed by atoms with Crippen molar-refractivity contribution >= 4 is 0 Å². The number of rotatable bonds is 4. The third-order valence-electron chi connectivity index (χ3n) is 3.62. The number of hydrogen-bond donors (Lipinski definition) is 1. The smallest absolute Gasteiger partial charge is 0.0749 e. The molecule has 0 saturated carbocycles. The Morgan fingerprint density at radius 1 is 1.33 bits per heavy atom. The van der Waals surface area contributed by atoms with Gasteiger partial charge in [0, 0.05) is 39.3 Å². The van der Waals surface area contributed by atoms with Gasteiger partial charge in [0.15, 0.2) is 0 Å². The lowest BCUT2D eigenvalue weighted by Crippen LogP contribution is -2.50. The van der Waals surface area contributed by atoms with Crippen LogP contribution in [0.1, 0.15) is 25.5 Å². The second-order valence-electron chi connectivity index (χ2n) is 5.62. The van der Waals surface area contributed by atoms with E-state index in [0.717, 1.165) is 26.2 Å². The second kappa shape index (κ2) is 5.83. The summed E-state index contributed by atoms with van der Waals surface area (Å²) in [7, 11) is 1.79. The van der Waals surface area contributed by atoms with Crippen LogP contribution in [0, 0.1) is 0 Å². The normalized spacial score (nSPS) is 22.1. The molecular formula is C15H24N2O. The first kappa shape index (κ1) is 13.5. The highest BCUT2D eigenvalue weighted by molar-refractivity contribution is 5.19. The number of methoxy groups -OCH3 is 1. The van der Waals surface area contributed by atoms with Gasteiger partial charge in [-0.25, -0.2) is 0 Å². The summed E-state index contributed by atoms with van der Waals surface area (Å²) in [6.45, 7) is 8.46. The van der Waals surface area contributed by atoms with E-state index in [1.807, 2.05) is 0 Å². The molecule has 0 radical (unpaired) electrons. The summed E-state index contributed by atoms with van der Waals surface area (Å²) in [6.07, 6.45) is 0. The number of nitrogens with zero attached hydrogens (tertiary/aromatic N) is 1. The van der Waals surface area contributed by atoms with E-state index in [0.29, 0.717) is 6.04 Å². The van der Waals surface area contributed by atoms with Crippen molar-refractivity contribution < 1.29 is 4.74 Å². The first-order valence-corrected chi connectivity index (χ1v) is 6.66. The molecule has 1 saturated heterocycles. The average molecular weight is 248 g/mol. The quantitative estimate of drug-likeness (QED) is 0.882. The Morgan fingerprint density at radius 2 is 2.06 bits per heavy atom. The summed E-state index contributed by atoms with van der Waals surface area (Å²) in [6, 6.07) is 11.1. The van der Waals surface area contributed by atoms with Gasteiger partial charge < -0.3 is 10.1 Å². The molecule has 100 valence electrons. The van der Waals surface area contributed by atoms with E-state index in [4.69, 9.17) is 4.74 Å². The van der Waals surface area contributed by atoms with Gasteiger partial charge in [0.1, 0.15) is 0 Å². The molecule has 1 N–H and O–H groups in total. The molecule has 1 fully saturated rings. The highest BCUT2D eigenvalue weighted by atomic mass is 16.5. The van der Waals surface area contributed by atoms with Crippen LogP contribution >= 0.6 is 0 Å². The maximum Gasteiger partial charge on any atom is 0.0749 e. The lowest BCUT2D eigenvalue weighted by Gasteiger charge is -2.38. The average Bonchev–Trinajstić information content (AvgIpc) is 2.40. The maximum atomic E-state index is 5.52. The van der Waals surface area contributed by atoms with Crippen LogP contribution in [0.25, 0.3) is 0 Å². The maximum absolute atomic E-state index is 5.52. The minimum absolute atomic E-state index is 0.0709. The highest BCUT2D eigenvalue weighted by Gasteiger charge is 2.26. The van der Waals surface area contributed by atoms with Crippen molar-refractivity contribution in [3.63, 3.8) is 0 Å². The molecule has 1 heterocycles. The molecule has 0 spiro atoms. The second-order valence-corrected chi connectivity index (χ2v) is 5.62. The van der Waals surface area contributed by atoms with E-state index in [-0.39, 0.29) is 5.60 Å². The fourth-order valence-corrected chi connectivity index (χ4v) is 2.47. The summed E-state index contributed by atoms with van der Waals surface area (Å²) in [5.74, 6) is 0. The summed E-state index contributed by atoms with van der Waals surface area (Å²) in [5.41, 5.74) is 1.30. The monoisotopic (exact) mass is 248 g/mol. The molecule has 3 nitrogen and oxygen atoms in total. The van der Waals surface area contributed by atoms with Crippen molar-refractivity contribution in [1.29, 1.82) is 0 Å². The number of ether oxygens (including phenoxy) is 1. The zero-order chi connectivity index (χ0) is 13.0. The van der Waals surface area contributed by atoms with Gasteiger partial charge >= 0.3 is 0 Å². The predicted octanol–water partition coefficient (Wildman–Crippen LogP) is 2.06. The van der Waals surface area contributed by atoms with Gasteiger partial charge in [-0.05, 0) is 19.4 Å². The van der Waals surface area contributed by atoms with Crippen LogP contribution in [0.2, 0.25) is 0 Å². The molecule has 1 aliphatic heterocycles. The zero-order valence-electron chi connectivity index (χ0n) is 11.6. The summed E-state index contributed by atoms with van der Waals surface area (Å²) in [4.78, 5) is 2.48. The van der Waals surface area contributed by atoms with Gasteiger partial charge in [0.05, 0.1) is 5.60 Å². The minimum atomic E-state index is -0.0709. The molecule has 0 amide bonds. The van der Waals surface area contributed by atoms with Crippen molar-refractivity contribution in [2.45, 2.75) is 25.5 Å². The molecule has 1 atom stereocenters. The Morgan fingerprint density at radius 3 is 2.72 bits per heavy atom. The number of hydrogen-bond acceptors (Lipinski definition) is 3. The Kier molecular flexibility index (Phi) is 4.38. The topological polar surface area (TPSA) is 24.5 Å². The summed E-state index contributed by atoms with van der Waals surface area (Å²) >= 11 is 0. The third-order valence-corrected chi connectivity index (χ3v) is 3.62. The van der Waals surface area contributed by atoms with E-state index in [1.54, 1.807) is 7.11 Å². The van der Waals surface area contributed by atoms with Gasteiger partial charge in [0.2, 0.25) is 0 Å². The molecule has 0 bridgehead atoms. The van der Waals surface area contributed by atoms with E-state index in [1.165, 1.54) is 5.56 Å². The van der Waals surface area contributed by atoms with Crippen LogP contribution in [0.4, 0.5) is 0 Å². The zero-order valence-corrected chi connectivity index (χ0v) is 11.6. The van der Waals surface area contributed by atoms with Gasteiger partial charge in [0.25, 0.3) is 0 Å². The van der Waals surface area contributed by atoms with Crippen LogP contribution in [0.5, 0.6) is 0 Å². The van der Waals surface area contributed by atoms with Gasteiger partial charge in [-0.1, -0.05) is 30.3 Å². The Bertz CT molecular complexity index is 364. The highest BCUT2D eigenvalue weighted by Crippen LogP contribution is 2.19. The van der Waals surface area contributed by atoms with Crippen molar-refractivity contribution in [3.8, 4) is 0 Å². The molecule has 1 aromatic rings. The van der Waals surface area contributed by atoms with Gasteiger partial charge in [-0.3, -0.25) is 4.90 Å². The SMILES string of the molecule is COC(C)(C)CN1CCNC(c2ccccc2)C1. The first-order valence-electron chi connectivity index (χ1n) is 6.66. The molecule has 0 aromatic heterocycles. The van der Waals surface area contributed by atoms with Crippen molar-refractivity contribution in [2.24, 2.45) is 0 Å². The Hall–Kier alpha value is -0.900. The third kappa shape index (κ3) is 3.55. The molecule has 1 unspecified atom stereocenters. The fraction of sp³-hybridized carbons (Fsp3) is 0.600. The molecule has 18 heavy (non-hydrogen) atoms. The van der Waals surface area contributed by atoms with Crippen molar-refractivity contribution in [2.75, 3.05) is 33.3 Å². The van der Waals surface area contributed by atoms with E-state index in [9.17, 15) is 0 Å². The van der Waals surface area contributed by atoms with Crippen molar-refractivity contribution in [1.82, 2.24) is 10.2 Å². The standard InChI is InChI=1S/C15H24N2O/c1-15(2,18-3)12-17-10-9-16-14(11-17)13-7-5-4-6-8-13/h4-8,14,16H,9-12H2,1-3H3. The predicted molar refractivity (Wildman–Crippen MR) is 74.7 cm³/mol. The van der Waals surface area contributed by atoms with Crippen LogP contribution in [-0.4, -0.2) is 43.8 Å². The minimum Gasteiger partial charge on any atom is -0.377 e. The van der Waals surface area contributed by atoms with Gasteiger partial charge in [-0.2, -0.15) is 0 Å². The molecule has 0 aliphatic carbocycles. The molecule has 1 aromatic carbocycles. The largest absolute Gasteiger partial charge is 0.377 e. The van der Waals surface area contributed by atoms with Crippen LogP contribution < -0.4 is 5.32 Å². The van der Waals surface area contributed by atoms with Gasteiger partial charge in [-0.15, -0.1) is 0 Å². The van der Waals surface area contributed by atoms with Crippen LogP contribution in [-0.2, 0) is 4.74 Å². The van der Waals surface area contributed by atoms with Crippen LogP contribution in [0.15, 0.2) is 30.3 Å². The number of piperazine rings is 1. The lowest BCUT2D eigenvalue weighted by atomic mass is 10.0. The number of nitrogens with one attached hydrogen (secondary N) is 1. The lowest BCUT2D eigenvalue weighted by molar-refractivity contribution is -0.0134. The summed E-state index contributed by atoms with van der Waals surface area (Å²) < 4.78 is 5.52. The molecule has 3 heteroatoms. The molecular weight excluding hydrogens is 224 g/mol. The first-order chi connectivity index (χ1) is 8.61. The van der Waals surface area contributed by atoms with E-state index in [2.05, 4.69) is 54.4 Å². The molecule has 2 rings (SSSR count). The van der Waals surface area contributed by atoms with Crippen LogP contribution in [0.3, 0.4) is 0 Å². The summed E-state index contributed by atoms with van der Waals surface area (Å²) in [5, 5.41) is 3.59. The van der Waals surface area contributed by atoms with E-state index >= 15 is 0 Å².